The van der Waals surface area contributed by atoms with E-state index >= 15 is 0 Å². The van der Waals surface area contributed by atoms with E-state index in [1.807, 2.05) is 0 Å². The van der Waals surface area contributed by atoms with Gasteiger partial charge in [0.15, 0.2) is 0 Å². The predicted octanol–water partition coefficient (Wildman–Crippen LogP) is 5.67. The summed E-state index contributed by atoms with van der Waals surface area (Å²) < 4.78 is 5.87. The van der Waals surface area contributed by atoms with Gasteiger partial charge < -0.3 is 20.1 Å². The molecule has 1 aromatic carbocycles. The molecular weight excluding hydrogens is 434 g/mol. The fraction of sp³-hybridized carbons (Fsp3) is 0.444. The van der Waals surface area contributed by atoms with E-state index in [9.17, 15) is 14.7 Å². The van der Waals surface area contributed by atoms with Gasteiger partial charge in [-0.2, -0.15) is 0 Å². The normalized spacial score (nSPS) is 12.1. The second-order valence-electron chi connectivity index (χ2n) is 8.33. The Balaban J connectivity index is 1.98. The molecule has 0 saturated carbocycles. The van der Waals surface area contributed by atoms with E-state index < -0.39 is 18.0 Å². The molecule has 1 atom stereocenters. The molecule has 1 heterocycles. The third kappa shape index (κ3) is 9.75. The van der Waals surface area contributed by atoms with Gasteiger partial charge in [-0.25, -0.2) is 14.6 Å². The zero-order chi connectivity index (χ0) is 24.8. The minimum Gasteiger partial charge on any atom is -0.491 e. The fourth-order valence-corrected chi connectivity index (χ4v) is 3.62. The largest absolute Gasteiger partial charge is 0.491 e. The number of rotatable bonds is 16. The fourth-order valence-electron chi connectivity index (χ4n) is 3.62. The van der Waals surface area contributed by atoms with Crippen molar-refractivity contribution in [3.05, 3.63) is 65.0 Å². The van der Waals surface area contributed by atoms with Crippen LogP contribution < -0.4 is 4.74 Å². The Morgan fingerprint density at radius 1 is 1.00 bits per heavy atom. The highest BCUT2D eigenvalue weighted by Crippen LogP contribution is 2.23. The maximum Gasteiger partial charge on any atom is 0.335 e. The summed E-state index contributed by atoms with van der Waals surface area (Å²) in [6.07, 6.45) is 11.1. The average molecular weight is 470 g/mol. The van der Waals surface area contributed by atoms with Crippen molar-refractivity contribution < 1.29 is 29.6 Å². The maximum absolute atomic E-state index is 11.2. The van der Waals surface area contributed by atoms with Crippen LogP contribution in [0.4, 0.5) is 0 Å². The number of carboxylic acid groups (broad SMARTS) is 2. The first-order valence-electron chi connectivity index (χ1n) is 12.0. The number of hydrogen-bond acceptors (Lipinski definition) is 5. The molecule has 2 rings (SSSR count). The molecule has 0 radical (unpaired) electrons. The van der Waals surface area contributed by atoms with Gasteiger partial charge in [0.1, 0.15) is 11.4 Å². The minimum atomic E-state index is -1.09. The van der Waals surface area contributed by atoms with E-state index in [0.29, 0.717) is 29.3 Å². The van der Waals surface area contributed by atoms with Crippen molar-refractivity contribution in [2.24, 2.45) is 0 Å². The summed E-state index contributed by atoms with van der Waals surface area (Å²) in [5, 5.41) is 28.7. The van der Waals surface area contributed by atoms with E-state index in [1.165, 1.54) is 56.7 Å². The van der Waals surface area contributed by atoms with Gasteiger partial charge in [-0.3, -0.25) is 0 Å². The Bertz CT molecular complexity index is 956. The lowest BCUT2D eigenvalue weighted by Crippen LogP contribution is -2.07. The summed E-state index contributed by atoms with van der Waals surface area (Å²) in [5.41, 5.74) is 1.49. The zero-order valence-corrected chi connectivity index (χ0v) is 19.8. The molecule has 1 aromatic heterocycles. The van der Waals surface area contributed by atoms with Crippen molar-refractivity contribution in [1.82, 2.24) is 4.98 Å². The zero-order valence-electron chi connectivity index (χ0n) is 19.8. The third-order valence-electron chi connectivity index (χ3n) is 5.50. The van der Waals surface area contributed by atoms with Gasteiger partial charge in [-0.15, -0.1) is 0 Å². The lowest BCUT2D eigenvalue weighted by Gasteiger charge is -2.14. The molecule has 0 aliphatic rings. The van der Waals surface area contributed by atoms with Gasteiger partial charge in [0.05, 0.1) is 18.3 Å². The van der Waals surface area contributed by atoms with E-state index in [-0.39, 0.29) is 12.0 Å². The van der Waals surface area contributed by atoms with Gasteiger partial charge in [-0.1, -0.05) is 64.0 Å². The summed E-state index contributed by atoms with van der Waals surface area (Å²) in [5.74, 6) is -1.66. The number of hydrogen-bond donors (Lipinski definition) is 3. The summed E-state index contributed by atoms with van der Waals surface area (Å²) in [6.45, 7) is 2.73. The number of aliphatic hydroxyl groups excluding tert-OH is 1. The third-order valence-corrected chi connectivity index (χ3v) is 5.50. The molecule has 7 nitrogen and oxygen atoms in total. The highest BCUT2D eigenvalue weighted by molar-refractivity contribution is 5.87. The van der Waals surface area contributed by atoms with Gasteiger partial charge in [-0.05, 0) is 42.3 Å². The number of carbonyl (C=O) groups is 2. The van der Waals surface area contributed by atoms with Crippen LogP contribution in [-0.2, 0) is 11.2 Å². The molecule has 0 fully saturated rings. The molecule has 2 aromatic rings. The molecule has 0 amide bonds. The topological polar surface area (TPSA) is 117 Å². The summed E-state index contributed by atoms with van der Waals surface area (Å²) in [7, 11) is 0. The Morgan fingerprint density at radius 3 is 2.38 bits per heavy atom. The SMILES string of the molecule is CCCCCCCCCCOc1ccc(CC(O)c2cccc(C(=O)O)c2)nc1C=CC(=O)O. The molecule has 0 aliphatic heterocycles. The number of pyridine rings is 1. The highest BCUT2D eigenvalue weighted by Gasteiger charge is 2.14. The van der Waals surface area contributed by atoms with Gasteiger partial charge in [0.2, 0.25) is 0 Å². The van der Waals surface area contributed by atoms with Gasteiger partial charge in [0.25, 0.3) is 0 Å². The van der Waals surface area contributed by atoms with Crippen LogP contribution in [0.25, 0.3) is 6.08 Å². The van der Waals surface area contributed by atoms with Crippen molar-refractivity contribution in [1.29, 1.82) is 0 Å². The number of aromatic carboxylic acids is 1. The number of aliphatic carboxylic acids is 1. The predicted molar refractivity (Wildman–Crippen MR) is 131 cm³/mol. The second-order valence-corrected chi connectivity index (χ2v) is 8.33. The van der Waals surface area contributed by atoms with E-state index in [1.54, 1.807) is 24.3 Å². The quantitative estimate of drug-likeness (QED) is 0.214. The van der Waals surface area contributed by atoms with Gasteiger partial charge >= 0.3 is 11.9 Å². The van der Waals surface area contributed by atoms with Crippen LogP contribution in [0, 0.1) is 0 Å². The van der Waals surface area contributed by atoms with Crippen molar-refractivity contribution in [3.8, 4) is 5.75 Å². The smallest absolute Gasteiger partial charge is 0.335 e. The molecule has 184 valence electrons. The maximum atomic E-state index is 11.2. The van der Waals surface area contributed by atoms with Crippen LogP contribution in [0.2, 0.25) is 0 Å². The number of nitrogens with zero attached hydrogens (tertiary/aromatic N) is 1. The number of ether oxygens (including phenoxy) is 1. The molecule has 0 bridgehead atoms. The van der Waals surface area contributed by atoms with E-state index in [2.05, 4.69) is 11.9 Å². The number of carboxylic acids is 2. The number of aromatic nitrogens is 1. The first kappa shape index (κ1) is 27.1. The first-order chi connectivity index (χ1) is 16.4. The van der Waals surface area contributed by atoms with Crippen molar-refractivity contribution in [2.45, 2.75) is 70.8 Å². The Labute approximate surface area is 201 Å². The number of aliphatic hydroxyl groups is 1. The van der Waals surface area contributed by atoms with E-state index in [0.717, 1.165) is 18.9 Å². The van der Waals surface area contributed by atoms with E-state index in [4.69, 9.17) is 14.9 Å². The highest BCUT2D eigenvalue weighted by atomic mass is 16.5. The summed E-state index contributed by atoms with van der Waals surface area (Å²) >= 11 is 0. The minimum absolute atomic E-state index is 0.0966. The Hall–Kier alpha value is -3.19. The van der Waals surface area contributed by atoms with Crippen LogP contribution in [-0.4, -0.2) is 38.8 Å². The summed E-state index contributed by atoms with van der Waals surface area (Å²) in [4.78, 5) is 26.7. The molecule has 7 heteroatoms. The molecule has 0 aliphatic carbocycles. The standard InChI is InChI=1S/C27H35NO6/c1-2-3-4-5-6-7-8-9-17-34-25-15-13-22(28-23(25)14-16-26(30)31)19-24(29)20-11-10-12-21(18-20)27(32)33/h10-16,18,24,29H,2-9,17,19H2,1H3,(H,30,31)(H,32,33). The molecule has 34 heavy (non-hydrogen) atoms. The van der Waals surface area contributed by atoms with Crippen molar-refractivity contribution >= 4 is 18.0 Å². The van der Waals surface area contributed by atoms with Gasteiger partial charge in [0, 0.05) is 18.2 Å². The second kappa shape index (κ2) is 14.9. The van der Waals surface area contributed by atoms with Crippen LogP contribution in [0.1, 0.15) is 91.7 Å². The van der Waals surface area contributed by atoms with Crippen molar-refractivity contribution in [3.63, 3.8) is 0 Å². The van der Waals surface area contributed by atoms with Crippen molar-refractivity contribution in [2.75, 3.05) is 6.61 Å². The Morgan fingerprint density at radius 2 is 1.71 bits per heavy atom. The molecule has 1 unspecified atom stereocenters. The Kier molecular flexibility index (Phi) is 11.8. The molecular formula is C27H35NO6. The van der Waals surface area contributed by atoms with Crippen LogP contribution in [0.15, 0.2) is 42.5 Å². The van der Waals surface area contributed by atoms with Crippen LogP contribution in [0.3, 0.4) is 0 Å². The summed E-state index contributed by atoms with van der Waals surface area (Å²) in [6, 6.07) is 9.59. The monoisotopic (exact) mass is 469 g/mol. The number of benzene rings is 1. The molecule has 0 saturated heterocycles. The van der Waals surface area contributed by atoms with Crippen LogP contribution >= 0.6 is 0 Å². The average Bonchev–Trinajstić information content (AvgIpc) is 2.82. The van der Waals surface area contributed by atoms with Crippen LogP contribution in [0.5, 0.6) is 5.75 Å². The number of unbranched alkanes of at least 4 members (excludes halogenated alkanes) is 7. The lowest BCUT2D eigenvalue weighted by atomic mass is 10.0. The first-order valence-corrected chi connectivity index (χ1v) is 12.0. The molecule has 0 spiro atoms. The molecule has 3 N–H and O–H groups in total. The lowest BCUT2D eigenvalue weighted by molar-refractivity contribution is -0.131.